The average molecular weight is 761 g/mol. The Kier molecular flexibility index (Phi) is 15.5. The summed E-state index contributed by atoms with van der Waals surface area (Å²) >= 11 is -5.71. The Morgan fingerprint density at radius 2 is 0.412 bits per heavy atom. The van der Waals surface area contributed by atoms with Gasteiger partial charge in [-0.05, 0) is 0 Å². The van der Waals surface area contributed by atoms with Crippen molar-refractivity contribution in [3.05, 3.63) is 152 Å². The van der Waals surface area contributed by atoms with Crippen LogP contribution in [0, 0.1) is 0 Å². The number of hydrogen-bond donors (Lipinski definition) is 0. The molecule has 5 rings (SSSR count). The second-order valence-electron chi connectivity index (χ2n) is 10.7. The predicted octanol–water partition coefficient (Wildman–Crippen LogP) is 7.35. The molecular weight excluding hydrogens is 715 g/mol. The Labute approximate surface area is 302 Å². The predicted molar refractivity (Wildman–Crippen MR) is 195 cm³/mol. The van der Waals surface area contributed by atoms with Crippen LogP contribution >= 0.6 is 0 Å². The first-order valence-electron chi connectivity index (χ1n) is 16.9. The van der Waals surface area contributed by atoms with Crippen LogP contribution in [-0.2, 0) is 18.6 Å². The molecule has 0 aliphatic heterocycles. The second kappa shape index (κ2) is 21.0. The van der Waals surface area contributed by atoms with E-state index in [-0.39, 0.29) is 66.1 Å². The maximum absolute atomic E-state index is 6.59. The van der Waals surface area contributed by atoms with Crippen molar-refractivity contribution < 1.29 is 42.3 Å². The van der Waals surface area contributed by atoms with Gasteiger partial charge in [0.05, 0.1) is 0 Å². The molecule has 0 aromatic heterocycles. The fraction of sp³-hybridized carbons (Fsp3) is 0.250. The molecule has 0 N–H and O–H groups in total. The number of benzene rings is 5. The number of ether oxygens (including phenoxy) is 5. The third kappa shape index (κ3) is 13.3. The summed E-state index contributed by atoms with van der Waals surface area (Å²) in [4.78, 5) is 0. The molecular formula is C40H45AsO10. The first kappa shape index (κ1) is 37.7. The van der Waals surface area contributed by atoms with Crippen molar-refractivity contribution in [1.82, 2.24) is 0 Å². The van der Waals surface area contributed by atoms with E-state index in [1.807, 2.05) is 152 Å². The van der Waals surface area contributed by atoms with Crippen LogP contribution in [0.2, 0.25) is 0 Å². The van der Waals surface area contributed by atoms with E-state index in [9.17, 15) is 0 Å². The molecule has 0 amide bonds. The van der Waals surface area contributed by atoms with E-state index in [2.05, 4.69) is 0 Å². The first-order valence-corrected chi connectivity index (χ1v) is 20.7. The molecule has 5 aromatic carbocycles. The van der Waals surface area contributed by atoms with Crippen molar-refractivity contribution in [2.75, 3.05) is 66.1 Å². The van der Waals surface area contributed by atoms with E-state index in [0.29, 0.717) is 28.7 Å². The molecule has 0 spiro atoms. The fourth-order valence-corrected chi connectivity index (χ4v) is 10.2. The van der Waals surface area contributed by atoms with E-state index >= 15 is 0 Å². The van der Waals surface area contributed by atoms with Gasteiger partial charge in [0, 0.05) is 0 Å². The molecule has 0 unspecified atom stereocenters. The Balaban J connectivity index is 1.36. The Bertz CT molecular complexity index is 1320. The average Bonchev–Trinajstić information content (AvgIpc) is 3.20. The van der Waals surface area contributed by atoms with E-state index in [4.69, 9.17) is 42.3 Å². The Morgan fingerprint density at radius 1 is 0.235 bits per heavy atom. The van der Waals surface area contributed by atoms with Crippen LogP contribution in [0.1, 0.15) is 0 Å². The van der Waals surface area contributed by atoms with E-state index in [1.54, 1.807) is 0 Å². The third-order valence-corrected chi connectivity index (χ3v) is 13.3. The zero-order valence-electron chi connectivity index (χ0n) is 28.5. The van der Waals surface area contributed by atoms with Gasteiger partial charge in [0.25, 0.3) is 0 Å². The van der Waals surface area contributed by atoms with Gasteiger partial charge in [-0.15, -0.1) is 0 Å². The second-order valence-corrected chi connectivity index (χ2v) is 16.6. The quantitative estimate of drug-likeness (QED) is 0.0445. The summed E-state index contributed by atoms with van der Waals surface area (Å²) in [6.45, 7) is 0.974. The first-order chi connectivity index (χ1) is 25.2. The van der Waals surface area contributed by atoms with Crippen LogP contribution in [0.15, 0.2) is 152 Å². The molecule has 51 heavy (non-hydrogen) atoms. The topological polar surface area (TPSA) is 92.3 Å². The summed E-state index contributed by atoms with van der Waals surface area (Å²) in [5.41, 5.74) is 0. The summed E-state index contributed by atoms with van der Waals surface area (Å²) in [7, 11) is 0. The molecule has 0 aliphatic carbocycles. The SMILES string of the molecule is c1ccc(OCCO[As](OCCOc2ccccc2)(OCCOc2ccccc2)(OCCOc2ccccc2)OCCOc2ccccc2)cc1. The summed E-state index contributed by atoms with van der Waals surface area (Å²) in [6.07, 6.45) is 0. The van der Waals surface area contributed by atoms with Gasteiger partial charge in [0.1, 0.15) is 0 Å². The van der Waals surface area contributed by atoms with Gasteiger partial charge in [-0.2, -0.15) is 0 Å². The van der Waals surface area contributed by atoms with Gasteiger partial charge >= 0.3 is 303 Å². The molecule has 0 aliphatic rings. The standard InChI is InChI=1S/C40H45AsO10/c1-6-16-36(17-7-1)42-26-31-47-41(48-32-27-43-37-18-8-2-9-19-37,49-33-28-44-38-20-10-3-11-21-38,50-34-29-45-39-22-12-4-13-23-39)51-35-30-46-40-24-14-5-15-25-40/h1-25H,26-35H2. The van der Waals surface area contributed by atoms with Crippen LogP contribution in [0.3, 0.4) is 0 Å². The maximum atomic E-state index is 6.59. The molecule has 10 nitrogen and oxygen atoms in total. The van der Waals surface area contributed by atoms with Crippen molar-refractivity contribution in [3.8, 4) is 28.7 Å². The molecule has 0 heterocycles. The molecule has 0 saturated carbocycles. The van der Waals surface area contributed by atoms with E-state index in [0.717, 1.165) is 0 Å². The number of para-hydroxylation sites is 5. The van der Waals surface area contributed by atoms with Gasteiger partial charge in [-0.25, -0.2) is 0 Å². The van der Waals surface area contributed by atoms with Crippen LogP contribution in [0.5, 0.6) is 28.7 Å². The zero-order valence-corrected chi connectivity index (χ0v) is 30.4. The van der Waals surface area contributed by atoms with Crippen LogP contribution in [0.4, 0.5) is 0 Å². The molecule has 270 valence electrons. The zero-order chi connectivity index (χ0) is 35.2. The molecule has 0 bridgehead atoms. The Hall–Kier alpha value is -4.54. The molecule has 0 fully saturated rings. The summed E-state index contributed by atoms with van der Waals surface area (Å²) < 4.78 is 62.8. The van der Waals surface area contributed by atoms with Crippen LogP contribution in [0.25, 0.3) is 0 Å². The van der Waals surface area contributed by atoms with Gasteiger partial charge in [-0.1, -0.05) is 0 Å². The van der Waals surface area contributed by atoms with Crippen molar-refractivity contribution in [2.45, 2.75) is 0 Å². The molecule has 0 radical (unpaired) electrons. The van der Waals surface area contributed by atoms with Crippen LogP contribution < -0.4 is 23.7 Å². The third-order valence-electron chi connectivity index (χ3n) is 6.99. The van der Waals surface area contributed by atoms with Gasteiger partial charge in [-0.3, -0.25) is 0 Å². The minimum absolute atomic E-state index is 0.0265. The number of hydrogen-bond acceptors (Lipinski definition) is 10. The van der Waals surface area contributed by atoms with Gasteiger partial charge in [0.15, 0.2) is 0 Å². The van der Waals surface area contributed by atoms with E-state index in [1.165, 1.54) is 0 Å². The van der Waals surface area contributed by atoms with Gasteiger partial charge < -0.3 is 0 Å². The van der Waals surface area contributed by atoms with Crippen molar-refractivity contribution in [2.24, 2.45) is 0 Å². The monoisotopic (exact) mass is 760 g/mol. The van der Waals surface area contributed by atoms with Crippen molar-refractivity contribution in [3.63, 3.8) is 0 Å². The molecule has 11 heteroatoms. The van der Waals surface area contributed by atoms with Gasteiger partial charge in [0.2, 0.25) is 0 Å². The fourth-order valence-electron chi connectivity index (χ4n) is 4.69. The number of rotatable bonds is 25. The Morgan fingerprint density at radius 3 is 0.588 bits per heavy atom. The summed E-state index contributed by atoms with van der Waals surface area (Å²) in [5, 5.41) is 0. The van der Waals surface area contributed by atoms with Crippen LogP contribution in [-0.4, -0.2) is 80.2 Å². The van der Waals surface area contributed by atoms with Crippen molar-refractivity contribution >= 4 is 14.2 Å². The molecule has 5 aromatic rings. The normalized spacial score (nSPS) is 12.0. The van der Waals surface area contributed by atoms with Crippen molar-refractivity contribution in [1.29, 1.82) is 0 Å². The summed E-state index contributed by atoms with van der Waals surface area (Å²) in [6, 6.07) is 47.3. The molecule has 0 saturated heterocycles. The molecule has 0 atom stereocenters. The van der Waals surface area contributed by atoms with E-state index < -0.39 is 14.2 Å². The minimum atomic E-state index is -5.71. The summed E-state index contributed by atoms with van der Waals surface area (Å²) in [5.74, 6) is 3.45.